The Balaban J connectivity index is 1.28. The van der Waals surface area contributed by atoms with Crippen LogP contribution >= 0.6 is 0 Å². The maximum Gasteiger partial charge on any atom is 0.126 e. The topological polar surface area (TPSA) is 43.5 Å². The van der Waals surface area contributed by atoms with Crippen molar-refractivity contribution in [1.29, 1.82) is 0 Å². The Kier molecular flexibility index (Phi) is 8.16. The predicted molar refractivity (Wildman–Crippen MR) is 164 cm³/mol. The summed E-state index contributed by atoms with van der Waals surface area (Å²) >= 11 is 0. The first-order chi connectivity index (χ1) is 19.8. The van der Waals surface area contributed by atoms with Crippen molar-refractivity contribution in [3.05, 3.63) is 94.5 Å². The van der Waals surface area contributed by atoms with Crippen molar-refractivity contribution in [3.63, 3.8) is 0 Å². The second-order valence-corrected chi connectivity index (χ2v) is 13.7. The van der Waals surface area contributed by atoms with Crippen molar-refractivity contribution in [2.75, 3.05) is 26.4 Å². The van der Waals surface area contributed by atoms with Gasteiger partial charge in [0.25, 0.3) is 0 Å². The summed E-state index contributed by atoms with van der Waals surface area (Å²) in [5, 5.41) is 0. The van der Waals surface area contributed by atoms with Crippen LogP contribution < -0.4 is 9.47 Å². The van der Waals surface area contributed by atoms with Crippen LogP contribution in [0.4, 0.5) is 0 Å². The zero-order valence-corrected chi connectivity index (χ0v) is 25.3. The van der Waals surface area contributed by atoms with Gasteiger partial charge in [0, 0.05) is 11.1 Å². The summed E-state index contributed by atoms with van der Waals surface area (Å²) in [6, 6.07) is 24.3. The molecule has 4 heteroatoms. The van der Waals surface area contributed by atoms with Gasteiger partial charge in [-0.05, 0) is 65.2 Å². The highest BCUT2D eigenvalue weighted by molar-refractivity contribution is 5.49. The van der Waals surface area contributed by atoms with Crippen molar-refractivity contribution < 1.29 is 18.9 Å². The first-order valence-corrected chi connectivity index (χ1v) is 15.6. The molecule has 3 aliphatic rings. The molecular weight excluding hydrogens is 508 g/mol. The summed E-state index contributed by atoms with van der Waals surface area (Å²) in [5.74, 6) is 2.92. The second kappa shape index (κ2) is 11.8. The standard InChI is InChI=1S/C37H46O4/c1-36(2,32-13-7-8-15-34(32)40-24-30-22-38-30)21-29-12-9-14-33(35(29)41-25-31-23-39-31)37(3,4)20-28-11-6-5-10-27(28)19-18-26-16-17-26/h5-15,26,30-31H,16-25H2,1-4H3. The lowest BCUT2D eigenvalue weighted by Crippen LogP contribution is -2.26. The van der Waals surface area contributed by atoms with Gasteiger partial charge in [-0.25, -0.2) is 0 Å². The monoisotopic (exact) mass is 554 g/mol. The molecule has 2 saturated heterocycles. The summed E-state index contributed by atoms with van der Waals surface area (Å²) in [6.45, 7) is 12.2. The molecule has 0 spiro atoms. The summed E-state index contributed by atoms with van der Waals surface area (Å²) < 4.78 is 23.8. The van der Waals surface area contributed by atoms with E-state index in [4.69, 9.17) is 18.9 Å². The van der Waals surface area contributed by atoms with E-state index in [1.165, 1.54) is 53.5 Å². The third-order valence-electron chi connectivity index (χ3n) is 8.99. The quantitative estimate of drug-likeness (QED) is 0.181. The minimum absolute atomic E-state index is 0.0964. The predicted octanol–water partition coefficient (Wildman–Crippen LogP) is 7.63. The van der Waals surface area contributed by atoms with Crippen molar-refractivity contribution >= 4 is 0 Å². The number of para-hydroxylation sites is 2. The molecule has 3 fully saturated rings. The largest absolute Gasteiger partial charge is 0.490 e. The van der Waals surface area contributed by atoms with Gasteiger partial charge in [-0.3, -0.25) is 0 Å². The van der Waals surface area contributed by atoms with Gasteiger partial charge >= 0.3 is 0 Å². The van der Waals surface area contributed by atoms with Crippen LogP contribution in [0.3, 0.4) is 0 Å². The van der Waals surface area contributed by atoms with Gasteiger partial charge in [0.05, 0.1) is 13.2 Å². The number of epoxide rings is 2. The first kappa shape index (κ1) is 28.3. The van der Waals surface area contributed by atoms with E-state index in [2.05, 4.69) is 94.4 Å². The average Bonchev–Trinajstić information content (AvgIpc) is 3.80. The zero-order valence-electron chi connectivity index (χ0n) is 25.3. The third-order valence-corrected chi connectivity index (χ3v) is 8.99. The van der Waals surface area contributed by atoms with Crippen LogP contribution in [0.15, 0.2) is 66.7 Å². The minimum atomic E-state index is -0.159. The number of ether oxygens (including phenoxy) is 4. The molecule has 2 unspecified atom stereocenters. The lowest BCUT2D eigenvalue weighted by molar-refractivity contribution is 0.252. The minimum Gasteiger partial charge on any atom is -0.490 e. The average molecular weight is 555 g/mol. The Morgan fingerprint density at radius 3 is 1.93 bits per heavy atom. The van der Waals surface area contributed by atoms with Crippen LogP contribution in [0.1, 0.15) is 74.8 Å². The molecule has 1 aliphatic carbocycles. The van der Waals surface area contributed by atoms with Crippen LogP contribution in [0.25, 0.3) is 0 Å². The van der Waals surface area contributed by atoms with Crippen molar-refractivity contribution in [1.82, 2.24) is 0 Å². The lowest BCUT2D eigenvalue weighted by atomic mass is 9.74. The number of benzene rings is 3. The fourth-order valence-corrected chi connectivity index (χ4v) is 6.15. The molecule has 1 saturated carbocycles. The van der Waals surface area contributed by atoms with Crippen LogP contribution in [-0.2, 0) is 39.6 Å². The fourth-order valence-electron chi connectivity index (χ4n) is 6.15. The molecule has 3 aromatic carbocycles. The smallest absolute Gasteiger partial charge is 0.126 e. The van der Waals surface area contributed by atoms with E-state index in [1.807, 2.05) is 0 Å². The molecule has 0 bridgehead atoms. The van der Waals surface area contributed by atoms with Gasteiger partial charge < -0.3 is 18.9 Å². The SMILES string of the molecule is CC(C)(Cc1cccc(C(C)(C)Cc2ccccc2CCC2CC2)c1OCC1CO1)c1ccccc1OCC1CO1. The van der Waals surface area contributed by atoms with Crippen molar-refractivity contribution in [2.45, 2.75) is 89.3 Å². The van der Waals surface area contributed by atoms with Gasteiger partial charge in [-0.15, -0.1) is 0 Å². The number of hydrogen-bond donors (Lipinski definition) is 0. The maximum absolute atomic E-state index is 6.66. The van der Waals surface area contributed by atoms with E-state index in [0.29, 0.717) is 13.2 Å². The molecule has 2 atom stereocenters. The Bertz CT molecular complexity index is 1330. The number of aryl methyl sites for hydroxylation is 1. The van der Waals surface area contributed by atoms with Gasteiger partial charge in [-0.1, -0.05) is 101 Å². The zero-order chi connectivity index (χ0) is 28.5. The lowest BCUT2D eigenvalue weighted by Gasteiger charge is -2.32. The first-order valence-electron chi connectivity index (χ1n) is 15.6. The van der Waals surface area contributed by atoms with E-state index < -0.39 is 0 Å². The Labute approximate surface area is 246 Å². The van der Waals surface area contributed by atoms with Gasteiger partial charge in [0.1, 0.15) is 36.9 Å². The summed E-state index contributed by atoms with van der Waals surface area (Å²) in [7, 11) is 0. The highest BCUT2D eigenvalue weighted by Crippen LogP contribution is 2.42. The highest BCUT2D eigenvalue weighted by atomic mass is 16.6. The fraction of sp³-hybridized carbons (Fsp3) is 0.514. The molecule has 0 aromatic heterocycles. The molecule has 0 N–H and O–H groups in total. The van der Waals surface area contributed by atoms with Gasteiger partial charge in [0.2, 0.25) is 0 Å². The van der Waals surface area contributed by atoms with Crippen LogP contribution in [0, 0.1) is 5.92 Å². The Hall–Kier alpha value is -2.82. The molecule has 41 heavy (non-hydrogen) atoms. The molecular formula is C37H46O4. The molecule has 4 nitrogen and oxygen atoms in total. The maximum atomic E-state index is 6.66. The van der Waals surface area contributed by atoms with Crippen LogP contribution in [0.5, 0.6) is 11.5 Å². The molecule has 2 aliphatic heterocycles. The van der Waals surface area contributed by atoms with Crippen molar-refractivity contribution in [3.8, 4) is 11.5 Å². The van der Waals surface area contributed by atoms with Crippen LogP contribution in [0.2, 0.25) is 0 Å². The van der Waals surface area contributed by atoms with Gasteiger partial charge in [0.15, 0.2) is 0 Å². The molecule has 2 heterocycles. The van der Waals surface area contributed by atoms with Crippen LogP contribution in [-0.4, -0.2) is 38.6 Å². The van der Waals surface area contributed by atoms with E-state index >= 15 is 0 Å². The molecule has 3 aromatic rings. The second-order valence-electron chi connectivity index (χ2n) is 13.7. The number of hydrogen-bond acceptors (Lipinski definition) is 4. The van der Waals surface area contributed by atoms with Crippen molar-refractivity contribution in [2.24, 2.45) is 5.92 Å². The summed E-state index contributed by atoms with van der Waals surface area (Å²) in [5.41, 5.74) is 6.44. The Morgan fingerprint density at radius 1 is 0.659 bits per heavy atom. The normalized spacial score (nSPS) is 20.1. The third kappa shape index (κ3) is 7.34. The summed E-state index contributed by atoms with van der Waals surface area (Å²) in [6.07, 6.45) is 7.58. The molecule has 0 radical (unpaired) electrons. The highest BCUT2D eigenvalue weighted by Gasteiger charge is 2.33. The summed E-state index contributed by atoms with van der Waals surface area (Å²) in [4.78, 5) is 0. The molecule has 218 valence electrons. The number of rotatable bonds is 15. The Morgan fingerprint density at radius 2 is 1.22 bits per heavy atom. The molecule has 0 amide bonds. The van der Waals surface area contributed by atoms with Gasteiger partial charge in [-0.2, -0.15) is 0 Å². The molecule has 6 rings (SSSR count). The van der Waals surface area contributed by atoms with E-state index in [1.54, 1.807) is 0 Å². The van der Waals surface area contributed by atoms with E-state index in [-0.39, 0.29) is 23.0 Å². The van der Waals surface area contributed by atoms with E-state index in [0.717, 1.165) is 43.5 Å². The van der Waals surface area contributed by atoms with E-state index in [9.17, 15) is 0 Å².